The average molecular weight is 251 g/mol. The maximum absolute atomic E-state index is 11.8. The number of carbonyl (C=O) groups is 2. The van der Waals surface area contributed by atoms with Gasteiger partial charge in [0.2, 0.25) is 11.8 Å². The Balaban J connectivity index is 2.51. The van der Waals surface area contributed by atoms with Crippen LogP contribution < -0.4 is 10.6 Å². The van der Waals surface area contributed by atoms with Gasteiger partial charge in [-0.2, -0.15) is 5.26 Å². The Hall–Kier alpha value is -1.57. The van der Waals surface area contributed by atoms with Crippen LogP contribution in [-0.4, -0.2) is 24.4 Å². The molecule has 1 fully saturated rings. The van der Waals surface area contributed by atoms with Gasteiger partial charge in [-0.3, -0.25) is 9.59 Å². The number of rotatable bonds is 6. The molecular weight excluding hydrogens is 230 g/mol. The predicted molar refractivity (Wildman–Crippen MR) is 67.3 cm³/mol. The van der Waals surface area contributed by atoms with Crippen LogP contribution in [-0.2, 0) is 9.59 Å². The predicted octanol–water partition coefficient (Wildman–Crippen LogP) is 0.957. The van der Waals surface area contributed by atoms with E-state index in [1.165, 1.54) is 0 Å². The molecule has 0 spiro atoms. The minimum absolute atomic E-state index is 0.0211. The van der Waals surface area contributed by atoms with Crippen LogP contribution in [0.25, 0.3) is 0 Å². The Morgan fingerprint density at radius 3 is 2.50 bits per heavy atom. The van der Waals surface area contributed by atoms with Crippen molar-refractivity contribution in [2.24, 2.45) is 11.8 Å². The van der Waals surface area contributed by atoms with Gasteiger partial charge in [-0.05, 0) is 25.2 Å². The van der Waals surface area contributed by atoms with Crippen molar-refractivity contribution in [3.05, 3.63) is 0 Å². The second-order valence-corrected chi connectivity index (χ2v) is 5.19. The van der Waals surface area contributed by atoms with Crippen molar-refractivity contribution in [3.8, 4) is 6.07 Å². The molecule has 100 valence electrons. The van der Waals surface area contributed by atoms with Crippen LogP contribution in [0.1, 0.15) is 39.5 Å². The highest BCUT2D eigenvalue weighted by Crippen LogP contribution is 2.26. The van der Waals surface area contributed by atoms with Gasteiger partial charge in [-0.15, -0.1) is 0 Å². The summed E-state index contributed by atoms with van der Waals surface area (Å²) >= 11 is 0. The van der Waals surface area contributed by atoms with Gasteiger partial charge in [0.1, 0.15) is 12.6 Å². The third-order valence-corrected chi connectivity index (χ3v) is 3.16. The molecule has 1 aliphatic carbocycles. The van der Waals surface area contributed by atoms with Gasteiger partial charge >= 0.3 is 0 Å². The third-order valence-electron chi connectivity index (χ3n) is 3.16. The Morgan fingerprint density at radius 1 is 1.39 bits per heavy atom. The van der Waals surface area contributed by atoms with Crippen molar-refractivity contribution >= 4 is 11.8 Å². The van der Waals surface area contributed by atoms with Crippen molar-refractivity contribution < 1.29 is 9.59 Å². The first-order valence-corrected chi connectivity index (χ1v) is 6.49. The number of amides is 2. The van der Waals surface area contributed by atoms with Crippen LogP contribution in [0.5, 0.6) is 0 Å². The van der Waals surface area contributed by atoms with Gasteiger partial charge in [0.25, 0.3) is 0 Å². The summed E-state index contributed by atoms with van der Waals surface area (Å²) in [6.07, 6.45) is 3.52. The van der Waals surface area contributed by atoms with Crippen LogP contribution in [0.3, 0.4) is 0 Å². The maximum Gasteiger partial charge on any atom is 0.243 e. The molecule has 0 saturated heterocycles. The Labute approximate surface area is 108 Å². The maximum atomic E-state index is 11.8. The van der Waals surface area contributed by atoms with Crippen LogP contribution in [0, 0.1) is 23.2 Å². The molecule has 2 amide bonds. The monoisotopic (exact) mass is 251 g/mol. The lowest BCUT2D eigenvalue weighted by molar-refractivity contribution is -0.133. The van der Waals surface area contributed by atoms with Crippen molar-refractivity contribution in [1.29, 1.82) is 5.26 Å². The van der Waals surface area contributed by atoms with Crippen molar-refractivity contribution in [3.63, 3.8) is 0 Å². The van der Waals surface area contributed by atoms with E-state index >= 15 is 0 Å². The summed E-state index contributed by atoms with van der Waals surface area (Å²) in [5, 5.41) is 13.7. The van der Waals surface area contributed by atoms with E-state index in [-0.39, 0.29) is 24.3 Å². The van der Waals surface area contributed by atoms with E-state index in [4.69, 9.17) is 5.26 Å². The Bertz CT molecular complexity index is 343. The molecule has 0 heterocycles. The molecule has 0 aromatic rings. The average Bonchev–Trinajstić information content (AvgIpc) is 2.21. The zero-order valence-electron chi connectivity index (χ0n) is 11.0. The van der Waals surface area contributed by atoms with Crippen LogP contribution in [0.2, 0.25) is 0 Å². The number of hydrogen-bond acceptors (Lipinski definition) is 3. The van der Waals surface area contributed by atoms with Crippen LogP contribution >= 0.6 is 0 Å². The molecule has 18 heavy (non-hydrogen) atoms. The van der Waals surface area contributed by atoms with Gasteiger partial charge < -0.3 is 10.6 Å². The van der Waals surface area contributed by atoms with E-state index in [0.717, 1.165) is 19.3 Å². The molecule has 5 nitrogen and oxygen atoms in total. The van der Waals surface area contributed by atoms with Crippen molar-refractivity contribution in [1.82, 2.24) is 10.6 Å². The SMILES string of the molecule is CC(C)C[C@H](NC(=O)C1CCC1)C(=O)NCC#N. The molecule has 0 bridgehead atoms. The van der Waals surface area contributed by atoms with Gasteiger partial charge in [0.05, 0.1) is 6.07 Å². The first-order valence-electron chi connectivity index (χ1n) is 6.49. The molecule has 1 atom stereocenters. The number of nitrogens with one attached hydrogen (secondary N) is 2. The molecular formula is C13H21N3O2. The lowest BCUT2D eigenvalue weighted by Crippen LogP contribution is -2.50. The summed E-state index contributed by atoms with van der Waals surface area (Å²) in [5.74, 6) is 0.0879. The fourth-order valence-electron chi connectivity index (χ4n) is 1.91. The standard InChI is InChI=1S/C13H21N3O2/c1-9(2)8-11(13(18)15-7-6-14)16-12(17)10-4-3-5-10/h9-11H,3-5,7-8H2,1-2H3,(H,15,18)(H,16,17)/t11-/m0/s1. The van der Waals surface area contributed by atoms with E-state index in [9.17, 15) is 9.59 Å². The highest BCUT2D eigenvalue weighted by atomic mass is 16.2. The molecule has 2 N–H and O–H groups in total. The molecule has 1 saturated carbocycles. The topological polar surface area (TPSA) is 82.0 Å². The number of nitrogens with zero attached hydrogens (tertiary/aromatic N) is 1. The zero-order valence-corrected chi connectivity index (χ0v) is 11.0. The van der Waals surface area contributed by atoms with Crippen LogP contribution in [0.4, 0.5) is 0 Å². The first-order chi connectivity index (χ1) is 8.54. The van der Waals surface area contributed by atoms with E-state index in [1.807, 2.05) is 19.9 Å². The van der Waals surface area contributed by atoms with Gasteiger partial charge in [0, 0.05) is 5.92 Å². The van der Waals surface area contributed by atoms with Gasteiger partial charge in [-0.25, -0.2) is 0 Å². The van der Waals surface area contributed by atoms with E-state index in [0.29, 0.717) is 12.3 Å². The van der Waals surface area contributed by atoms with E-state index < -0.39 is 6.04 Å². The quantitative estimate of drug-likeness (QED) is 0.690. The smallest absolute Gasteiger partial charge is 0.243 e. The largest absolute Gasteiger partial charge is 0.344 e. The van der Waals surface area contributed by atoms with Crippen molar-refractivity contribution in [2.75, 3.05) is 6.54 Å². The third kappa shape index (κ3) is 4.36. The Morgan fingerprint density at radius 2 is 2.06 bits per heavy atom. The minimum atomic E-state index is -0.522. The molecule has 1 rings (SSSR count). The van der Waals surface area contributed by atoms with Crippen molar-refractivity contribution in [2.45, 2.75) is 45.6 Å². The lowest BCUT2D eigenvalue weighted by atomic mass is 9.84. The molecule has 0 unspecified atom stereocenters. The summed E-state index contributed by atoms with van der Waals surface area (Å²) in [5.41, 5.74) is 0. The molecule has 0 aromatic carbocycles. The second-order valence-electron chi connectivity index (χ2n) is 5.19. The summed E-state index contributed by atoms with van der Waals surface area (Å²) in [7, 11) is 0. The number of hydrogen-bond donors (Lipinski definition) is 2. The van der Waals surface area contributed by atoms with Gasteiger partial charge in [-0.1, -0.05) is 20.3 Å². The van der Waals surface area contributed by atoms with E-state index in [2.05, 4.69) is 10.6 Å². The summed E-state index contributed by atoms with van der Waals surface area (Å²) in [6, 6.07) is 1.34. The summed E-state index contributed by atoms with van der Waals surface area (Å²) < 4.78 is 0. The zero-order chi connectivity index (χ0) is 13.5. The highest BCUT2D eigenvalue weighted by molar-refractivity contribution is 5.88. The molecule has 1 aliphatic rings. The molecule has 5 heteroatoms. The highest BCUT2D eigenvalue weighted by Gasteiger charge is 2.29. The Kier molecular flexibility index (Phi) is 5.63. The number of carbonyl (C=O) groups excluding carboxylic acids is 2. The molecule has 0 aliphatic heterocycles. The first kappa shape index (κ1) is 14.5. The minimum Gasteiger partial charge on any atom is -0.344 e. The molecule has 0 aromatic heterocycles. The normalized spacial score (nSPS) is 16.6. The molecule has 0 radical (unpaired) electrons. The van der Waals surface area contributed by atoms with Gasteiger partial charge in [0.15, 0.2) is 0 Å². The fourth-order valence-corrected chi connectivity index (χ4v) is 1.91. The number of nitriles is 1. The second kappa shape index (κ2) is 7.00. The fraction of sp³-hybridized carbons (Fsp3) is 0.769. The summed E-state index contributed by atoms with van der Waals surface area (Å²) in [6.45, 7) is 3.98. The van der Waals surface area contributed by atoms with E-state index in [1.54, 1.807) is 0 Å². The summed E-state index contributed by atoms with van der Waals surface area (Å²) in [4.78, 5) is 23.7. The lowest BCUT2D eigenvalue weighted by Gasteiger charge is -2.27. The van der Waals surface area contributed by atoms with Crippen LogP contribution in [0.15, 0.2) is 0 Å².